The maximum atomic E-state index is 12.2. The van der Waals surface area contributed by atoms with E-state index in [2.05, 4.69) is 36.4 Å². The number of hydrogen-bond donors (Lipinski definition) is 2. The van der Waals surface area contributed by atoms with Crippen LogP contribution in [0, 0.1) is 11.3 Å². The quantitative estimate of drug-likeness (QED) is 0.587. The molecule has 1 amide bonds. The number of nitrogens with zero attached hydrogens (tertiary/aromatic N) is 2. The van der Waals surface area contributed by atoms with E-state index in [0.717, 1.165) is 38.4 Å². The summed E-state index contributed by atoms with van der Waals surface area (Å²) in [5.41, 5.74) is -0.0664. The molecule has 144 valence electrons. The fourth-order valence-corrected chi connectivity index (χ4v) is 3.82. The molecule has 0 aromatic carbocycles. The zero-order valence-corrected chi connectivity index (χ0v) is 17.0. The SMILES string of the molecule is CCN=C(NC1CCN(C(=O)C(C)C)C1)NC1CC(C)(OC)C1(C)C. The smallest absolute Gasteiger partial charge is 0.225 e. The molecule has 6 nitrogen and oxygen atoms in total. The van der Waals surface area contributed by atoms with E-state index in [9.17, 15) is 4.79 Å². The number of guanidine groups is 1. The number of amides is 1. The molecule has 2 fully saturated rings. The van der Waals surface area contributed by atoms with Gasteiger partial charge in [-0.25, -0.2) is 0 Å². The highest BCUT2D eigenvalue weighted by Crippen LogP contribution is 2.51. The Kier molecular flexibility index (Phi) is 6.02. The van der Waals surface area contributed by atoms with E-state index in [-0.39, 0.29) is 28.9 Å². The predicted molar refractivity (Wildman–Crippen MR) is 102 cm³/mol. The van der Waals surface area contributed by atoms with Crippen LogP contribution in [-0.2, 0) is 9.53 Å². The number of methoxy groups -OCH3 is 1. The van der Waals surface area contributed by atoms with Gasteiger partial charge >= 0.3 is 0 Å². The average molecular weight is 353 g/mol. The van der Waals surface area contributed by atoms with Gasteiger partial charge in [0.1, 0.15) is 0 Å². The summed E-state index contributed by atoms with van der Waals surface area (Å²) in [4.78, 5) is 18.7. The van der Waals surface area contributed by atoms with Crippen molar-refractivity contribution in [2.24, 2.45) is 16.3 Å². The van der Waals surface area contributed by atoms with Crippen molar-refractivity contribution in [3.63, 3.8) is 0 Å². The Hall–Kier alpha value is -1.30. The molecule has 3 atom stereocenters. The molecule has 2 aliphatic rings. The highest BCUT2D eigenvalue weighted by molar-refractivity contribution is 5.81. The predicted octanol–water partition coefficient (Wildman–Crippen LogP) is 2.00. The number of carbonyl (C=O) groups excluding carboxylic acids is 1. The van der Waals surface area contributed by atoms with E-state index < -0.39 is 0 Å². The topological polar surface area (TPSA) is 66.0 Å². The first-order valence-corrected chi connectivity index (χ1v) is 9.56. The van der Waals surface area contributed by atoms with Gasteiger partial charge in [-0.05, 0) is 26.7 Å². The van der Waals surface area contributed by atoms with Crippen molar-refractivity contribution in [3.05, 3.63) is 0 Å². The molecule has 1 saturated carbocycles. The lowest BCUT2D eigenvalue weighted by molar-refractivity contribution is -0.176. The van der Waals surface area contributed by atoms with Crippen LogP contribution in [-0.4, -0.2) is 61.2 Å². The summed E-state index contributed by atoms with van der Waals surface area (Å²) < 4.78 is 5.71. The molecular weight excluding hydrogens is 316 g/mol. The third-order valence-electron chi connectivity index (χ3n) is 6.24. The van der Waals surface area contributed by atoms with E-state index in [4.69, 9.17) is 4.74 Å². The van der Waals surface area contributed by atoms with E-state index in [0.29, 0.717) is 6.04 Å². The fraction of sp³-hybridized carbons (Fsp3) is 0.895. The zero-order valence-electron chi connectivity index (χ0n) is 17.0. The van der Waals surface area contributed by atoms with E-state index in [1.807, 2.05) is 25.7 Å². The molecule has 0 spiro atoms. The van der Waals surface area contributed by atoms with Gasteiger partial charge in [0.2, 0.25) is 5.91 Å². The maximum absolute atomic E-state index is 12.2. The van der Waals surface area contributed by atoms with Gasteiger partial charge in [-0.3, -0.25) is 9.79 Å². The number of ether oxygens (including phenoxy) is 1. The number of hydrogen-bond acceptors (Lipinski definition) is 3. The van der Waals surface area contributed by atoms with Crippen LogP contribution in [0.4, 0.5) is 0 Å². The minimum Gasteiger partial charge on any atom is -0.378 e. The van der Waals surface area contributed by atoms with E-state index >= 15 is 0 Å². The summed E-state index contributed by atoms with van der Waals surface area (Å²) in [6, 6.07) is 0.586. The summed E-state index contributed by atoms with van der Waals surface area (Å²) in [7, 11) is 1.79. The summed E-state index contributed by atoms with van der Waals surface area (Å²) >= 11 is 0. The minimum absolute atomic E-state index is 0.0350. The van der Waals surface area contributed by atoms with Crippen LogP contribution < -0.4 is 10.6 Å². The molecule has 0 aromatic heterocycles. The lowest BCUT2D eigenvalue weighted by Crippen LogP contribution is -2.69. The van der Waals surface area contributed by atoms with Crippen molar-refractivity contribution >= 4 is 11.9 Å². The molecule has 2 rings (SSSR count). The molecule has 1 saturated heterocycles. The van der Waals surface area contributed by atoms with Gasteiger partial charge in [0.15, 0.2) is 5.96 Å². The number of nitrogens with one attached hydrogen (secondary N) is 2. The van der Waals surface area contributed by atoms with Crippen molar-refractivity contribution in [2.75, 3.05) is 26.7 Å². The lowest BCUT2D eigenvalue weighted by Gasteiger charge is -2.59. The first-order chi connectivity index (χ1) is 11.6. The molecule has 25 heavy (non-hydrogen) atoms. The van der Waals surface area contributed by atoms with Crippen molar-refractivity contribution in [1.82, 2.24) is 15.5 Å². The molecule has 3 unspecified atom stereocenters. The summed E-state index contributed by atoms with van der Waals surface area (Å²) in [6.45, 7) is 14.9. The van der Waals surface area contributed by atoms with Gasteiger partial charge in [0, 0.05) is 50.2 Å². The van der Waals surface area contributed by atoms with Gasteiger partial charge in [-0.1, -0.05) is 27.7 Å². The van der Waals surface area contributed by atoms with Gasteiger partial charge in [-0.2, -0.15) is 0 Å². The molecule has 0 aromatic rings. The Morgan fingerprint density at radius 2 is 2.00 bits per heavy atom. The van der Waals surface area contributed by atoms with Crippen LogP contribution >= 0.6 is 0 Å². The van der Waals surface area contributed by atoms with Gasteiger partial charge in [-0.15, -0.1) is 0 Å². The largest absolute Gasteiger partial charge is 0.378 e. The highest BCUT2D eigenvalue weighted by atomic mass is 16.5. The van der Waals surface area contributed by atoms with Crippen molar-refractivity contribution in [1.29, 1.82) is 0 Å². The monoisotopic (exact) mass is 352 g/mol. The average Bonchev–Trinajstić information content (AvgIpc) is 3.01. The van der Waals surface area contributed by atoms with Crippen molar-refractivity contribution < 1.29 is 9.53 Å². The molecule has 1 heterocycles. The number of aliphatic imine (C=N–C) groups is 1. The second-order valence-electron chi connectivity index (χ2n) is 8.45. The Morgan fingerprint density at radius 3 is 2.52 bits per heavy atom. The standard InChI is InChI=1S/C19H36N4O2/c1-8-20-17(22-15-11-19(6,25-7)18(15,4)5)21-14-9-10-23(12-14)16(24)13(2)3/h13-15H,8-12H2,1-7H3,(H2,20,21,22). The van der Waals surface area contributed by atoms with Crippen LogP contribution in [0.3, 0.4) is 0 Å². The second kappa shape index (κ2) is 7.52. The van der Waals surface area contributed by atoms with Gasteiger partial charge in [0.25, 0.3) is 0 Å². The highest BCUT2D eigenvalue weighted by Gasteiger charge is 2.58. The molecule has 1 aliphatic carbocycles. The maximum Gasteiger partial charge on any atom is 0.225 e. The normalized spacial score (nSPS) is 31.8. The number of carbonyl (C=O) groups is 1. The van der Waals surface area contributed by atoms with Gasteiger partial charge in [0.05, 0.1) is 5.60 Å². The number of rotatable bonds is 5. The van der Waals surface area contributed by atoms with Crippen LogP contribution in [0.15, 0.2) is 4.99 Å². The Morgan fingerprint density at radius 1 is 1.32 bits per heavy atom. The second-order valence-corrected chi connectivity index (χ2v) is 8.45. The first kappa shape index (κ1) is 20.0. The minimum atomic E-state index is -0.101. The molecule has 1 aliphatic heterocycles. The van der Waals surface area contributed by atoms with Crippen molar-refractivity contribution in [2.45, 2.75) is 72.1 Å². The summed E-state index contributed by atoms with van der Waals surface area (Å²) in [5, 5.41) is 7.11. The fourth-order valence-electron chi connectivity index (χ4n) is 3.82. The molecule has 2 N–H and O–H groups in total. The van der Waals surface area contributed by atoms with Crippen LogP contribution in [0.25, 0.3) is 0 Å². The third-order valence-corrected chi connectivity index (χ3v) is 6.24. The first-order valence-electron chi connectivity index (χ1n) is 9.56. The zero-order chi connectivity index (χ0) is 18.8. The van der Waals surface area contributed by atoms with Gasteiger partial charge < -0.3 is 20.3 Å². The Bertz CT molecular complexity index is 518. The molecule has 0 radical (unpaired) electrons. The van der Waals surface area contributed by atoms with E-state index in [1.54, 1.807) is 7.11 Å². The van der Waals surface area contributed by atoms with Crippen LogP contribution in [0.1, 0.15) is 54.4 Å². The lowest BCUT2D eigenvalue weighted by atomic mass is 9.56. The van der Waals surface area contributed by atoms with Crippen LogP contribution in [0.5, 0.6) is 0 Å². The summed E-state index contributed by atoms with van der Waals surface area (Å²) in [5.74, 6) is 1.15. The molecule has 0 bridgehead atoms. The number of likely N-dealkylation sites (tertiary alicyclic amines) is 1. The van der Waals surface area contributed by atoms with E-state index in [1.165, 1.54) is 0 Å². The Balaban J connectivity index is 1.93. The Labute approximate surface area is 152 Å². The molecular formula is C19H36N4O2. The summed E-state index contributed by atoms with van der Waals surface area (Å²) in [6.07, 6.45) is 1.93. The van der Waals surface area contributed by atoms with Crippen LogP contribution in [0.2, 0.25) is 0 Å². The third kappa shape index (κ3) is 3.94. The van der Waals surface area contributed by atoms with Crippen molar-refractivity contribution in [3.8, 4) is 0 Å². The molecule has 6 heteroatoms.